The third-order valence-electron chi connectivity index (χ3n) is 2.80. The highest BCUT2D eigenvalue weighted by Gasteiger charge is 2.13. The van der Waals surface area contributed by atoms with Crippen LogP contribution < -0.4 is 0 Å². The number of rotatable bonds is 6. The van der Waals surface area contributed by atoms with E-state index in [0.29, 0.717) is 0 Å². The summed E-state index contributed by atoms with van der Waals surface area (Å²) < 4.78 is 0. The van der Waals surface area contributed by atoms with Gasteiger partial charge in [0.2, 0.25) is 0 Å². The molecule has 12 heavy (non-hydrogen) atoms. The minimum atomic E-state index is 0.747. The summed E-state index contributed by atoms with van der Waals surface area (Å²) in [7, 11) is 2.25. The molecule has 0 fully saturated rings. The Kier molecular flexibility index (Phi) is 6.45. The van der Waals surface area contributed by atoms with Gasteiger partial charge in [-0.25, -0.2) is 0 Å². The molecule has 0 aliphatic carbocycles. The molecular formula is C11H25N. The monoisotopic (exact) mass is 171 g/mol. The molecule has 0 aromatic rings. The van der Waals surface area contributed by atoms with Crippen molar-refractivity contribution in [1.82, 2.24) is 4.90 Å². The fourth-order valence-corrected chi connectivity index (χ4v) is 1.68. The molecule has 0 spiro atoms. The summed E-state index contributed by atoms with van der Waals surface area (Å²) in [6.07, 6.45) is 5.24. The Labute approximate surface area is 78.1 Å². The minimum Gasteiger partial charge on any atom is -0.301 e. The van der Waals surface area contributed by atoms with Gasteiger partial charge in [-0.15, -0.1) is 0 Å². The van der Waals surface area contributed by atoms with Gasteiger partial charge < -0.3 is 4.90 Å². The Hall–Kier alpha value is -0.0400. The molecule has 0 bridgehead atoms. The third-order valence-corrected chi connectivity index (χ3v) is 2.80. The predicted molar refractivity (Wildman–Crippen MR) is 56.5 cm³/mol. The van der Waals surface area contributed by atoms with Gasteiger partial charge in [-0.3, -0.25) is 0 Å². The van der Waals surface area contributed by atoms with E-state index in [0.717, 1.165) is 12.1 Å². The van der Waals surface area contributed by atoms with Crippen LogP contribution in [0.25, 0.3) is 0 Å². The predicted octanol–water partition coefficient (Wildman–Crippen LogP) is 3.30. The van der Waals surface area contributed by atoms with E-state index in [2.05, 4.69) is 39.6 Å². The molecule has 0 aliphatic rings. The molecule has 0 N–H and O–H groups in total. The normalized spacial score (nSPS) is 16.5. The highest BCUT2D eigenvalue weighted by molar-refractivity contribution is 4.69. The van der Waals surface area contributed by atoms with Crippen LogP contribution in [0.5, 0.6) is 0 Å². The third kappa shape index (κ3) is 4.10. The van der Waals surface area contributed by atoms with E-state index in [9.17, 15) is 0 Å². The minimum absolute atomic E-state index is 0.747. The van der Waals surface area contributed by atoms with Crippen molar-refractivity contribution in [2.24, 2.45) is 0 Å². The maximum atomic E-state index is 2.51. The maximum Gasteiger partial charge on any atom is 0.00665 e. The Bertz CT molecular complexity index is 89.2. The molecular weight excluding hydrogens is 146 g/mol. The lowest BCUT2D eigenvalue weighted by Gasteiger charge is -2.30. The van der Waals surface area contributed by atoms with Crippen LogP contribution in [0.4, 0.5) is 0 Å². The summed E-state index contributed by atoms with van der Waals surface area (Å²) >= 11 is 0. The number of nitrogens with zero attached hydrogens (tertiary/aromatic N) is 1. The van der Waals surface area contributed by atoms with Crippen molar-refractivity contribution >= 4 is 0 Å². The zero-order valence-corrected chi connectivity index (χ0v) is 9.43. The van der Waals surface area contributed by atoms with Crippen LogP contribution in [0.1, 0.15) is 53.4 Å². The summed E-state index contributed by atoms with van der Waals surface area (Å²) in [6, 6.07) is 1.49. The van der Waals surface area contributed by atoms with E-state index in [1.807, 2.05) is 0 Å². The Balaban J connectivity index is 3.73. The second-order valence-corrected chi connectivity index (χ2v) is 3.94. The van der Waals surface area contributed by atoms with Crippen molar-refractivity contribution in [1.29, 1.82) is 0 Å². The Morgan fingerprint density at radius 2 is 1.25 bits per heavy atom. The molecule has 0 rings (SSSR count). The van der Waals surface area contributed by atoms with Crippen LogP contribution in [0.3, 0.4) is 0 Å². The molecule has 0 radical (unpaired) electrons. The number of hydrogen-bond acceptors (Lipinski definition) is 1. The van der Waals surface area contributed by atoms with Gasteiger partial charge >= 0.3 is 0 Å². The van der Waals surface area contributed by atoms with E-state index in [4.69, 9.17) is 0 Å². The Morgan fingerprint density at radius 1 is 0.917 bits per heavy atom. The summed E-state index contributed by atoms with van der Waals surface area (Å²) in [5, 5.41) is 0. The van der Waals surface area contributed by atoms with Crippen molar-refractivity contribution in [3.8, 4) is 0 Å². The first kappa shape index (κ1) is 12.0. The molecule has 1 heteroatoms. The summed E-state index contributed by atoms with van der Waals surface area (Å²) in [6.45, 7) is 9.18. The van der Waals surface area contributed by atoms with Gasteiger partial charge in [0, 0.05) is 12.1 Å². The summed E-state index contributed by atoms with van der Waals surface area (Å²) in [5.41, 5.74) is 0. The zero-order chi connectivity index (χ0) is 9.56. The first-order chi connectivity index (χ1) is 5.63. The van der Waals surface area contributed by atoms with Crippen LogP contribution in [0.2, 0.25) is 0 Å². The number of hydrogen-bond donors (Lipinski definition) is 0. The zero-order valence-electron chi connectivity index (χ0n) is 9.43. The van der Waals surface area contributed by atoms with Crippen LogP contribution in [0.15, 0.2) is 0 Å². The molecule has 0 aromatic heterocycles. The standard InChI is InChI=1S/C11H25N/c1-6-8-10(3)12(5)11(4)9-7-2/h10-11H,6-9H2,1-5H3. The first-order valence-corrected chi connectivity index (χ1v) is 5.35. The lowest BCUT2D eigenvalue weighted by atomic mass is 10.1. The van der Waals surface area contributed by atoms with E-state index in [1.165, 1.54) is 25.7 Å². The van der Waals surface area contributed by atoms with Gasteiger partial charge in [0.25, 0.3) is 0 Å². The summed E-state index contributed by atoms with van der Waals surface area (Å²) in [4.78, 5) is 2.51. The smallest absolute Gasteiger partial charge is 0.00665 e. The largest absolute Gasteiger partial charge is 0.301 e. The van der Waals surface area contributed by atoms with Crippen molar-refractivity contribution in [3.05, 3.63) is 0 Å². The second kappa shape index (κ2) is 6.47. The second-order valence-electron chi connectivity index (χ2n) is 3.94. The molecule has 0 aromatic carbocycles. The van der Waals surface area contributed by atoms with E-state index in [1.54, 1.807) is 0 Å². The molecule has 0 aliphatic heterocycles. The lowest BCUT2D eigenvalue weighted by Crippen LogP contribution is -2.36. The van der Waals surface area contributed by atoms with Crippen LogP contribution >= 0.6 is 0 Å². The molecule has 0 saturated heterocycles. The quantitative estimate of drug-likeness (QED) is 0.592. The van der Waals surface area contributed by atoms with E-state index < -0.39 is 0 Å². The average molecular weight is 171 g/mol. The van der Waals surface area contributed by atoms with Crippen molar-refractivity contribution in [2.45, 2.75) is 65.5 Å². The summed E-state index contributed by atoms with van der Waals surface area (Å²) in [5.74, 6) is 0. The van der Waals surface area contributed by atoms with Gasteiger partial charge in [0.15, 0.2) is 0 Å². The highest BCUT2D eigenvalue weighted by Crippen LogP contribution is 2.11. The van der Waals surface area contributed by atoms with Gasteiger partial charge in [-0.2, -0.15) is 0 Å². The maximum absolute atomic E-state index is 2.51. The fourth-order valence-electron chi connectivity index (χ4n) is 1.68. The first-order valence-electron chi connectivity index (χ1n) is 5.35. The van der Waals surface area contributed by atoms with Crippen LogP contribution in [-0.2, 0) is 0 Å². The van der Waals surface area contributed by atoms with Gasteiger partial charge in [0.1, 0.15) is 0 Å². The van der Waals surface area contributed by atoms with Crippen LogP contribution in [-0.4, -0.2) is 24.0 Å². The topological polar surface area (TPSA) is 3.24 Å². The van der Waals surface area contributed by atoms with Crippen LogP contribution in [0, 0.1) is 0 Å². The van der Waals surface area contributed by atoms with Crippen molar-refractivity contribution in [2.75, 3.05) is 7.05 Å². The van der Waals surface area contributed by atoms with Crippen molar-refractivity contribution < 1.29 is 0 Å². The molecule has 0 saturated carbocycles. The van der Waals surface area contributed by atoms with E-state index >= 15 is 0 Å². The molecule has 0 amide bonds. The average Bonchev–Trinajstić information content (AvgIpc) is 2.04. The van der Waals surface area contributed by atoms with Gasteiger partial charge in [0.05, 0.1) is 0 Å². The molecule has 2 atom stereocenters. The van der Waals surface area contributed by atoms with Gasteiger partial charge in [-0.05, 0) is 33.7 Å². The SMILES string of the molecule is CCCC(C)N(C)C(C)CCC. The fraction of sp³-hybridized carbons (Fsp3) is 1.00. The molecule has 74 valence electrons. The molecule has 0 heterocycles. The molecule has 2 unspecified atom stereocenters. The lowest BCUT2D eigenvalue weighted by molar-refractivity contribution is 0.178. The van der Waals surface area contributed by atoms with Gasteiger partial charge in [-0.1, -0.05) is 26.7 Å². The Morgan fingerprint density at radius 3 is 1.50 bits per heavy atom. The molecule has 1 nitrogen and oxygen atoms in total. The van der Waals surface area contributed by atoms with E-state index in [-0.39, 0.29) is 0 Å². The highest BCUT2D eigenvalue weighted by atomic mass is 15.1. The van der Waals surface area contributed by atoms with Crippen molar-refractivity contribution in [3.63, 3.8) is 0 Å².